The molecule has 0 saturated heterocycles. The Bertz CT molecular complexity index is 493. The van der Waals surface area contributed by atoms with Gasteiger partial charge in [0.1, 0.15) is 5.56 Å². The second-order valence-electron chi connectivity index (χ2n) is 4.72. The van der Waals surface area contributed by atoms with E-state index in [-0.39, 0.29) is 0 Å². The molecule has 4 heteroatoms. The molecule has 1 fully saturated rings. The monoisotopic (exact) mass is 246 g/mol. The van der Waals surface area contributed by atoms with Crippen molar-refractivity contribution < 1.29 is 9.90 Å². The van der Waals surface area contributed by atoms with Gasteiger partial charge in [0, 0.05) is 18.3 Å². The minimum atomic E-state index is -0.912. The molecular weight excluding hydrogens is 228 g/mol. The summed E-state index contributed by atoms with van der Waals surface area (Å²) < 4.78 is 0. The van der Waals surface area contributed by atoms with E-state index in [4.69, 9.17) is 0 Å². The van der Waals surface area contributed by atoms with E-state index in [9.17, 15) is 9.90 Å². The van der Waals surface area contributed by atoms with Gasteiger partial charge in [0.25, 0.3) is 0 Å². The van der Waals surface area contributed by atoms with Gasteiger partial charge in [0.05, 0.1) is 11.4 Å². The Hall–Kier alpha value is -1.84. The summed E-state index contributed by atoms with van der Waals surface area (Å²) >= 11 is 0. The third kappa shape index (κ3) is 2.37. The Kier molecular flexibility index (Phi) is 3.36. The Morgan fingerprint density at radius 1 is 1.61 bits per heavy atom. The fourth-order valence-electron chi connectivity index (χ4n) is 2.27. The van der Waals surface area contributed by atoms with E-state index in [1.807, 2.05) is 19.1 Å². The van der Waals surface area contributed by atoms with Gasteiger partial charge >= 0.3 is 5.97 Å². The Morgan fingerprint density at radius 3 is 2.78 bits per heavy atom. The van der Waals surface area contributed by atoms with Gasteiger partial charge in [-0.2, -0.15) is 0 Å². The number of carboxylic acids is 1. The van der Waals surface area contributed by atoms with Crippen molar-refractivity contribution in [2.75, 3.05) is 11.4 Å². The molecule has 0 aromatic carbocycles. The number of carboxylic acid groups (broad SMARTS) is 1. The topological polar surface area (TPSA) is 53.4 Å². The highest BCUT2D eigenvalue weighted by atomic mass is 16.4. The number of anilines is 1. The van der Waals surface area contributed by atoms with Gasteiger partial charge in [-0.05, 0) is 32.8 Å². The summed E-state index contributed by atoms with van der Waals surface area (Å²) in [6, 6.07) is 2.31. The SMILES string of the molecule is C=CCN(c1cc(C)nc(C)c1C(=O)O)C1CC1. The summed E-state index contributed by atoms with van der Waals surface area (Å²) in [5, 5.41) is 9.36. The summed E-state index contributed by atoms with van der Waals surface area (Å²) in [4.78, 5) is 17.8. The number of carbonyl (C=O) groups is 1. The first-order valence-electron chi connectivity index (χ1n) is 6.13. The fraction of sp³-hybridized carbons (Fsp3) is 0.429. The van der Waals surface area contributed by atoms with E-state index in [1.165, 1.54) is 0 Å². The molecule has 1 heterocycles. The summed E-state index contributed by atoms with van der Waals surface area (Å²) in [5.74, 6) is -0.912. The zero-order valence-corrected chi connectivity index (χ0v) is 10.8. The quantitative estimate of drug-likeness (QED) is 0.811. The van der Waals surface area contributed by atoms with Crippen LogP contribution < -0.4 is 4.90 Å². The first-order chi connectivity index (χ1) is 8.54. The largest absolute Gasteiger partial charge is 0.478 e. The molecule has 2 rings (SSSR count). The van der Waals surface area contributed by atoms with E-state index in [0.717, 1.165) is 24.2 Å². The van der Waals surface area contributed by atoms with Crippen LogP contribution in [-0.2, 0) is 0 Å². The predicted octanol–water partition coefficient (Wildman–Crippen LogP) is 2.55. The van der Waals surface area contributed by atoms with Gasteiger partial charge in [-0.15, -0.1) is 6.58 Å². The molecule has 96 valence electrons. The lowest BCUT2D eigenvalue weighted by Gasteiger charge is -2.25. The predicted molar refractivity (Wildman–Crippen MR) is 71.2 cm³/mol. The number of hydrogen-bond acceptors (Lipinski definition) is 3. The molecule has 0 bridgehead atoms. The number of aromatic nitrogens is 1. The molecule has 1 N–H and O–H groups in total. The molecule has 0 spiro atoms. The van der Waals surface area contributed by atoms with Gasteiger partial charge in [-0.3, -0.25) is 4.98 Å². The van der Waals surface area contributed by atoms with Crippen LogP contribution in [0.3, 0.4) is 0 Å². The van der Waals surface area contributed by atoms with Gasteiger partial charge in [-0.1, -0.05) is 6.08 Å². The zero-order chi connectivity index (χ0) is 13.3. The number of pyridine rings is 1. The van der Waals surface area contributed by atoms with Crippen molar-refractivity contribution in [1.82, 2.24) is 4.98 Å². The van der Waals surface area contributed by atoms with Crippen LogP contribution in [0.4, 0.5) is 5.69 Å². The molecule has 1 aromatic heterocycles. The molecule has 1 aliphatic carbocycles. The number of rotatable bonds is 5. The minimum absolute atomic E-state index is 0.314. The average Bonchev–Trinajstić information content (AvgIpc) is 3.07. The van der Waals surface area contributed by atoms with Crippen LogP contribution in [0.2, 0.25) is 0 Å². The summed E-state index contributed by atoms with van der Waals surface area (Å²) in [5.41, 5.74) is 2.51. The average molecular weight is 246 g/mol. The Morgan fingerprint density at radius 2 is 2.28 bits per heavy atom. The van der Waals surface area contributed by atoms with Crippen molar-refractivity contribution in [2.24, 2.45) is 0 Å². The van der Waals surface area contributed by atoms with Crippen LogP contribution in [0.5, 0.6) is 0 Å². The van der Waals surface area contributed by atoms with E-state index < -0.39 is 5.97 Å². The highest BCUT2D eigenvalue weighted by Crippen LogP contribution is 2.34. The summed E-state index contributed by atoms with van der Waals surface area (Å²) in [6.07, 6.45) is 4.05. The molecule has 1 aliphatic rings. The van der Waals surface area contributed by atoms with Crippen LogP contribution >= 0.6 is 0 Å². The lowest BCUT2D eigenvalue weighted by Crippen LogP contribution is -2.28. The number of aryl methyl sites for hydroxylation is 2. The first kappa shape index (κ1) is 12.6. The van der Waals surface area contributed by atoms with Crippen LogP contribution in [0.25, 0.3) is 0 Å². The van der Waals surface area contributed by atoms with E-state index >= 15 is 0 Å². The van der Waals surface area contributed by atoms with Crippen molar-refractivity contribution in [2.45, 2.75) is 32.7 Å². The summed E-state index contributed by atoms with van der Waals surface area (Å²) in [6.45, 7) is 8.06. The van der Waals surface area contributed by atoms with E-state index in [2.05, 4.69) is 16.5 Å². The number of aromatic carboxylic acids is 1. The Labute approximate surface area is 107 Å². The third-order valence-electron chi connectivity index (χ3n) is 3.14. The third-order valence-corrected chi connectivity index (χ3v) is 3.14. The summed E-state index contributed by atoms with van der Waals surface area (Å²) in [7, 11) is 0. The smallest absolute Gasteiger partial charge is 0.339 e. The van der Waals surface area contributed by atoms with Gasteiger partial charge in [-0.25, -0.2) is 4.79 Å². The molecule has 0 amide bonds. The maximum Gasteiger partial charge on any atom is 0.339 e. The molecule has 0 radical (unpaired) electrons. The maximum atomic E-state index is 11.4. The van der Waals surface area contributed by atoms with Crippen molar-refractivity contribution in [3.05, 3.63) is 35.7 Å². The molecule has 4 nitrogen and oxygen atoms in total. The van der Waals surface area contributed by atoms with Crippen molar-refractivity contribution in [3.63, 3.8) is 0 Å². The highest BCUT2D eigenvalue weighted by molar-refractivity contribution is 5.95. The zero-order valence-electron chi connectivity index (χ0n) is 10.8. The highest BCUT2D eigenvalue weighted by Gasteiger charge is 2.31. The second kappa shape index (κ2) is 4.80. The molecule has 0 unspecified atom stereocenters. The minimum Gasteiger partial charge on any atom is -0.478 e. The number of nitrogens with zero attached hydrogens (tertiary/aromatic N) is 2. The van der Waals surface area contributed by atoms with Gasteiger partial charge in [0.15, 0.2) is 0 Å². The van der Waals surface area contributed by atoms with Crippen molar-refractivity contribution in [3.8, 4) is 0 Å². The second-order valence-corrected chi connectivity index (χ2v) is 4.72. The van der Waals surface area contributed by atoms with Crippen LogP contribution in [0, 0.1) is 13.8 Å². The maximum absolute atomic E-state index is 11.4. The van der Waals surface area contributed by atoms with E-state index in [1.54, 1.807) is 6.92 Å². The van der Waals surface area contributed by atoms with Gasteiger partial charge < -0.3 is 10.0 Å². The van der Waals surface area contributed by atoms with E-state index in [0.29, 0.717) is 23.8 Å². The number of hydrogen-bond donors (Lipinski definition) is 1. The van der Waals surface area contributed by atoms with Crippen molar-refractivity contribution >= 4 is 11.7 Å². The Balaban J connectivity index is 2.52. The lowest BCUT2D eigenvalue weighted by atomic mass is 10.1. The molecule has 1 saturated carbocycles. The van der Waals surface area contributed by atoms with Crippen LogP contribution in [-0.4, -0.2) is 28.6 Å². The standard InChI is InChI=1S/C14H18N2O2/c1-4-7-16(11-5-6-11)12-8-9(2)15-10(3)13(12)14(17)18/h4,8,11H,1,5-7H2,2-3H3,(H,17,18). The molecule has 0 aliphatic heterocycles. The fourth-order valence-corrected chi connectivity index (χ4v) is 2.27. The van der Waals surface area contributed by atoms with Crippen LogP contribution in [0.1, 0.15) is 34.6 Å². The lowest BCUT2D eigenvalue weighted by molar-refractivity contribution is 0.0696. The molecular formula is C14H18N2O2. The molecule has 1 aromatic rings. The normalized spacial score (nSPS) is 14.3. The van der Waals surface area contributed by atoms with Crippen LogP contribution in [0.15, 0.2) is 18.7 Å². The van der Waals surface area contributed by atoms with Gasteiger partial charge in [0.2, 0.25) is 0 Å². The first-order valence-corrected chi connectivity index (χ1v) is 6.13. The van der Waals surface area contributed by atoms with Crippen molar-refractivity contribution in [1.29, 1.82) is 0 Å². The molecule has 18 heavy (non-hydrogen) atoms. The molecule has 0 atom stereocenters.